The molecule has 0 saturated carbocycles. The lowest BCUT2D eigenvalue weighted by molar-refractivity contribution is 0.324. The number of benzene rings is 1. The fourth-order valence-corrected chi connectivity index (χ4v) is 4.11. The van der Waals surface area contributed by atoms with Crippen LogP contribution in [-0.2, 0) is 0 Å². The summed E-state index contributed by atoms with van der Waals surface area (Å²) in [5.74, 6) is 3.14. The summed E-state index contributed by atoms with van der Waals surface area (Å²) in [6.45, 7) is 3.80. The predicted molar refractivity (Wildman–Crippen MR) is 128 cm³/mol. The Hall–Kier alpha value is -3.85. The topological polar surface area (TPSA) is 83.4 Å². The van der Waals surface area contributed by atoms with Crippen molar-refractivity contribution < 1.29 is 18.6 Å². The van der Waals surface area contributed by atoms with Crippen LogP contribution in [0.25, 0.3) is 11.3 Å². The summed E-state index contributed by atoms with van der Waals surface area (Å²) in [5, 5.41) is 6.84. The smallest absolute Gasteiger partial charge is 0.211 e. The molecule has 0 aliphatic rings. The third-order valence-electron chi connectivity index (χ3n) is 4.86. The van der Waals surface area contributed by atoms with Gasteiger partial charge < -0.3 is 18.6 Å². The van der Waals surface area contributed by atoms with Gasteiger partial charge in [-0.3, -0.25) is 4.98 Å². The SMILES string of the molecule is COc1cc(-c2csc(=Nc3cccnc3)n2N=C(C)c2ccc(C)o2)cc(OC)c1OC. The molecule has 1 aromatic carbocycles. The lowest BCUT2D eigenvalue weighted by atomic mass is 10.1. The number of aryl methyl sites for hydroxylation is 1. The van der Waals surface area contributed by atoms with Gasteiger partial charge in [-0.05, 0) is 50.2 Å². The van der Waals surface area contributed by atoms with E-state index in [4.69, 9.17) is 28.7 Å². The Morgan fingerprint density at radius 3 is 2.39 bits per heavy atom. The van der Waals surface area contributed by atoms with Crippen LogP contribution < -0.4 is 19.0 Å². The third-order valence-corrected chi connectivity index (χ3v) is 5.68. The summed E-state index contributed by atoms with van der Waals surface area (Å²) >= 11 is 1.46. The number of rotatable bonds is 7. The van der Waals surface area contributed by atoms with E-state index in [1.54, 1.807) is 38.4 Å². The minimum Gasteiger partial charge on any atom is -0.493 e. The van der Waals surface area contributed by atoms with E-state index >= 15 is 0 Å². The van der Waals surface area contributed by atoms with Gasteiger partial charge in [0.25, 0.3) is 0 Å². The van der Waals surface area contributed by atoms with Crippen molar-refractivity contribution in [3.05, 3.63) is 70.5 Å². The molecule has 4 rings (SSSR count). The van der Waals surface area contributed by atoms with Crippen LogP contribution in [-0.4, -0.2) is 36.7 Å². The lowest BCUT2D eigenvalue weighted by Crippen LogP contribution is -2.13. The molecule has 0 atom stereocenters. The van der Waals surface area contributed by atoms with Crippen LogP contribution in [0.15, 0.2) is 68.7 Å². The van der Waals surface area contributed by atoms with Gasteiger partial charge in [0.05, 0.1) is 38.9 Å². The zero-order chi connectivity index (χ0) is 23.4. The first-order chi connectivity index (χ1) is 16.0. The van der Waals surface area contributed by atoms with Crippen molar-refractivity contribution in [3.8, 4) is 28.5 Å². The molecule has 0 fully saturated rings. The molecule has 3 aromatic heterocycles. The molecule has 8 nitrogen and oxygen atoms in total. The second-order valence-electron chi connectivity index (χ2n) is 7.05. The van der Waals surface area contributed by atoms with Gasteiger partial charge in [-0.1, -0.05) is 0 Å². The van der Waals surface area contributed by atoms with E-state index in [1.807, 2.05) is 55.6 Å². The van der Waals surface area contributed by atoms with Gasteiger partial charge in [-0.25, -0.2) is 9.67 Å². The van der Waals surface area contributed by atoms with E-state index in [0.717, 1.165) is 22.7 Å². The summed E-state index contributed by atoms with van der Waals surface area (Å²) in [5.41, 5.74) is 3.08. The van der Waals surface area contributed by atoms with Crippen molar-refractivity contribution in [2.24, 2.45) is 10.1 Å². The van der Waals surface area contributed by atoms with E-state index in [0.29, 0.717) is 33.5 Å². The Balaban J connectivity index is 1.94. The number of aromatic nitrogens is 2. The molecule has 0 N–H and O–H groups in total. The molecular formula is C24H24N4O4S. The summed E-state index contributed by atoms with van der Waals surface area (Å²) in [4.78, 5) is 9.58. The molecule has 4 aromatic rings. The van der Waals surface area contributed by atoms with Crippen LogP contribution in [0, 0.1) is 6.92 Å². The molecule has 0 radical (unpaired) electrons. The fourth-order valence-electron chi connectivity index (χ4n) is 3.26. The monoisotopic (exact) mass is 464 g/mol. The van der Waals surface area contributed by atoms with Gasteiger partial charge >= 0.3 is 0 Å². The maximum Gasteiger partial charge on any atom is 0.211 e. The van der Waals surface area contributed by atoms with Crippen LogP contribution in [0.4, 0.5) is 5.69 Å². The Morgan fingerprint density at radius 1 is 1.06 bits per heavy atom. The Kier molecular flexibility index (Phi) is 6.60. The minimum absolute atomic E-state index is 0.525. The fraction of sp³-hybridized carbons (Fsp3) is 0.208. The van der Waals surface area contributed by atoms with E-state index in [2.05, 4.69) is 4.98 Å². The third kappa shape index (κ3) is 4.68. The molecule has 0 amide bonds. The van der Waals surface area contributed by atoms with Crippen LogP contribution in [0.1, 0.15) is 18.4 Å². The van der Waals surface area contributed by atoms with Crippen molar-refractivity contribution in [3.63, 3.8) is 0 Å². The van der Waals surface area contributed by atoms with E-state index in [-0.39, 0.29) is 0 Å². The Morgan fingerprint density at radius 2 is 1.82 bits per heavy atom. The number of methoxy groups -OCH3 is 3. The number of nitrogens with zero attached hydrogens (tertiary/aromatic N) is 4. The normalized spacial score (nSPS) is 12.2. The highest BCUT2D eigenvalue weighted by atomic mass is 32.1. The molecule has 33 heavy (non-hydrogen) atoms. The van der Waals surface area contributed by atoms with Crippen molar-refractivity contribution in [2.75, 3.05) is 21.3 Å². The maximum atomic E-state index is 5.76. The first kappa shape index (κ1) is 22.3. The van der Waals surface area contributed by atoms with E-state index in [1.165, 1.54) is 11.3 Å². The molecule has 0 spiro atoms. The summed E-state index contributed by atoms with van der Waals surface area (Å²) in [6.07, 6.45) is 3.42. The molecule has 3 heterocycles. The van der Waals surface area contributed by atoms with Gasteiger partial charge in [0.1, 0.15) is 17.2 Å². The number of pyridine rings is 1. The van der Waals surface area contributed by atoms with Crippen LogP contribution in [0.5, 0.6) is 17.2 Å². The quantitative estimate of drug-likeness (QED) is 0.358. The van der Waals surface area contributed by atoms with Gasteiger partial charge in [0.15, 0.2) is 11.5 Å². The number of hydrogen-bond donors (Lipinski definition) is 0. The maximum absolute atomic E-state index is 5.76. The standard InChI is InChI=1S/C24H24N4O4S/c1-15-8-9-20(32-15)16(2)27-28-19(14-33-24(28)26-18-7-6-10-25-13-18)17-11-21(29-3)23(31-5)22(12-17)30-4/h6-14H,1-5H3. The zero-order valence-electron chi connectivity index (χ0n) is 19.0. The lowest BCUT2D eigenvalue weighted by Gasteiger charge is -2.14. The average Bonchev–Trinajstić information content (AvgIpc) is 3.45. The first-order valence-electron chi connectivity index (χ1n) is 10.1. The van der Waals surface area contributed by atoms with Crippen molar-refractivity contribution in [2.45, 2.75) is 13.8 Å². The van der Waals surface area contributed by atoms with Gasteiger partial charge in [0.2, 0.25) is 10.6 Å². The van der Waals surface area contributed by atoms with Crippen LogP contribution >= 0.6 is 11.3 Å². The number of furan rings is 1. The van der Waals surface area contributed by atoms with Gasteiger partial charge in [-0.15, -0.1) is 11.3 Å². The molecular weight excluding hydrogens is 440 g/mol. The predicted octanol–water partition coefficient (Wildman–Crippen LogP) is 5.04. The highest BCUT2D eigenvalue weighted by Crippen LogP contribution is 2.41. The number of thiazole rings is 1. The second kappa shape index (κ2) is 9.74. The molecule has 0 unspecified atom stereocenters. The second-order valence-corrected chi connectivity index (χ2v) is 7.88. The highest BCUT2D eigenvalue weighted by molar-refractivity contribution is 7.07. The molecule has 0 aliphatic heterocycles. The van der Waals surface area contributed by atoms with E-state index < -0.39 is 0 Å². The number of ether oxygens (including phenoxy) is 3. The Labute approximate surface area is 195 Å². The van der Waals surface area contributed by atoms with Gasteiger partial charge in [0, 0.05) is 17.1 Å². The summed E-state index contributed by atoms with van der Waals surface area (Å²) in [6, 6.07) is 11.3. The van der Waals surface area contributed by atoms with Gasteiger partial charge in [-0.2, -0.15) is 5.10 Å². The largest absolute Gasteiger partial charge is 0.493 e. The summed E-state index contributed by atoms with van der Waals surface area (Å²) in [7, 11) is 4.76. The molecule has 0 saturated heterocycles. The Bertz CT molecular complexity index is 1330. The van der Waals surface area contributed by atoms with Crippen molar-refractivity contribution in [1.82, 2.24) is 9.66 Å². The summed E-state index contributed by atoms with van der Waals surface area (Å²) < 4.78 is 24.1. The number of hydrogen-bond acceptors (Lipinski definition) is 8. The molecule has 0 bridgehead atoms. The minimum atomic E-state index is 0.525. The van der Waals surface area contributed by atoms with Crippen molar-refractivity contribution >= 4 is 22.7 Å². The zero-order valence-corrected chi connectivity index (χ0v) is 19.8. The van der Waals surface area contributed by atoms with Crippen LogP contribution in [0.2, 0.25) is 0 Å². The van der Waals surface area contributed by atoms with Crippen molar-refractivity contribution in [1.29, 1.82) is 0 Å². The van der Waals surface area contributed by atoms with Crippen LogP contribution in [0.3, 0.4) is 0 Å². The molecule has 9 heteroatoms. The van der Waals surface area contributed by atoms with E-state index in [9.17, 15) is 0 Å². The average molecular weight is 465 g/mol. The first-order valence-corrected chi connectivity index (χ1v) is 11.0. The molecule has 0 aliphatic carbocycles. The molecule has 170 valence electrons. The highest BCUT2D eigenvalue weighted by Gasteiger charge is 2.17.